The summed E-state index contributed by atoms with van der Waals surface area (Å²) in [6.45, 7) is 4.28. The van der Waals surface area contributed by atoms with Gasteiger partial charge >= 0.3 is 0 Å². The fraction of sp³-hybridized carbons (Fsp3) is 0.600. The third-order valence-electron chi connectivity index (χ3n) is 3.51. The molecule has 0 bridgehead atoms. The SMILES string of the molecule is CCCC(CCC)C(NN)c1ccc(OC)cc1F. The summed E-state index contributed by atoms with van der Waals surface area (Å²) < 4.78 is 19.2. The lowest BCUT2D eigenvalue weighted by molar-refractivity contribution is 0.311. The second-order valence-electron chi connectivity index (χ2n) is 4.87. The second kappa shape index (κ2) is 8.12. The zero-order chi connectivity index (χ0) is 14.3. The number of ether oxygens (including phenoxy) is 1. The maximum absolute atomic E-state index is 14.1. The van der Waals surface area contributed by atoms with Gasteiger partial charge in [-0.2, -0.15) is 0 Å². The molecule has 0 aliphatic rings. The van der Waals surface area contributed by atoms with Crippen LogP contribution in [-0.2, 0) is 0 Å². The van der Waals surface area contributed by atoms with Gasteiger partial charge in [-0.3, -0.25) is 11.3 Å². The molecule has 0 aliphatic heterocycles. The molecule has 1 aromatic carbocycles. The summed E-state index contributed by atoms with van der Waals surface area (Å²) in [5.41, 5.74) is 3.41. The van der Waals surface area contributed by atoms with E-state index < -0.39 is 0 Å². The number of rotatable bonds is 8. The number of hydrazine groups is 1. The van der Waals surface area contributed by atoms with Gasteiger partial charge in [0, 0.05) is 11.6 Å². The quantitative estimate of drug-likeness (QED) is 0.560. The number of nitrogens with one attached hydrogen (secondary N) is 1. The summed E-state index contributed by atoms with van der Waals surface area (Å²) >= 11 is 0. The molecule has 3 N–H and O–H groups in total. The lowest BCUT2D eigenvalue weighted by atomic mass is 9.86. The summed E-state index contributed by atoms with van der Waals surface area (Å²) in [5.74, 6) is 6.27. The van der Waals surface area contributed by atoms with Crippen LogP contribution in [0, 0.1) is 11.7 Å². The third kappa shape index (κ3) is 4.18. The molecule has 0 heterocycles. The van der Waals surface area contributed by atoms with Crippen LogP contribution in [-0.4, -0.2) is 7.11 Å². The molecule has 1 aromatic rings. The summed E-state index contributed by atoms with van der Waals surface area (Å²) in [6, 6.07) is 4.80. The van der Waals surface area contributed by atoms with Crippen LogP contribution in [0.25, 0.3) is 0 Å². The Balaban J connectivity index is 2.99. The molecule has 0 fully saturated rings. The van der Waals surface area contributed by atoms with E-state index in [0.29, 0.717) is 17.2 Å². The second-order valence-corrected chi connectivity index (χ2v) is 4.87. The average molecular weight is 268 g/mol. The molecule has 3 nitrogen and oxygen atoms in total. The van der Waals surface area contributed by atoms with Crippen molar-refractivity contribution in [3.63, 3.8) is 0 Å². The summed E-state index contributed by atoms with van der Waals surface area (Å²) in [6.07, 6.45) is 4.21. The lowest BCUT2D eigenvalue weighted by Gasteiger charge is -2.27. The van der Waals surface area contributed by atoms with Gasteiger partial charge in [-0.05, 0) is 24.8 Å². The first kappa shape index (κ1) is 15.9. The standard InChI is InChI=1S/C15H25FN2O/c1-4-6-11(7-5-2)15(18-17)13-9-8-12(19-3)10-14(13)16/h8-11,15,18H,4-7,17H2,1-3H3. The molecular weight excluding hydrogens is 243 g/mol. The van der Waals surface area contributed by atoms with Gasteiger partial charge in [-0.1, -0.05) is 32.8 Å². The van der Waals surface area contributed by atoms with Crippen LogP contribution in [0.1, 0.15) is 51.1 Å². The smallest absolute Gasteiger partial charge is 0.131 e. The van der Waals surface area contributed by atoms with Crippen LogP contribution in [0.3, 0.4) is 0 Å². The highest BCUT2D eigenvalue weighted by Crippen LogP contribution is 2.31. The average Bonchev–Trinajstić information content (AvgIpc) is 2.41. The van der Waals surface area contributed by atoms with Crippen LogP contribution in [0.2, 0.25) is 0 Å². The van der Waals surface area contributed by atoms with E-state index in [4.69, 9.17) is 10.6 Å². The van der Waals surface area contributed by atoms with Crippen molar-refractivity contribution in [2.75, 3.05) is 7.11 Å². The highest BCUT2D eigenvalue weighted by molar-refractivity contribution is 5.31. The third-order valence-corrected chi connectivity index (χ3v) is 3.51. The van der Waals surface area contributed by atoms with Crippen LogP contribution >= 0.6 is 0 Å². The number of benzene rings is 1. The minimum absolute atomic E-state index is 0.147. The molecule has 0 amide bonds. The Labute approximate surface area is 115 Å². The minimum Gasteiger partial charge on any atom is -0.497 e. The van der Waals surface area contributed by atoms with E-state index in [-0.39, 0.29) is 11.9 Å². The Morgan fingerprint density at radius 2 is 1.89 bits per heavy atom. The fourth-order valence-corrected chi connectivity index (χ4v) is 2.59. The predicted octanol–water partition coefficient (Wildman–Crippen LogP) is 3.56. The Kier molecular flexibility index (Phi) is 6.81. The molecule has 1 unspecified atom stereocenters. The number of hydrogen-bond acceptors (Lipinski definition) is 3. The van der Waals surface area contributed by atoms with Crippen molar-refractivity contribution in [1.29, 1.82) is 0 Å². The normalized spacial score (nSPS) is 12.7. The van der Waals surface area contributed by atoms with E-state index >= 15 is 0 Å². The van der Waals surface area contributed by atoms with Crippen molar-refractivity contribution in [2.45, 2.75) is 45.6 Å². The molecule has 1 atom stereocenters. The fourth-order valence-electron chi connectivity index (χ4n) is 2.59. The van der Waals surface area contributed by atoms with Gasteiger partial charge in [0.15, 0.2) is 0 Å². The number of hydrogen-bond donors (Lipinski definition) is 2. The van der Waals surface area contributed by atoms with Crippen LogP contribution in [0.4, 0.5) is 4.39 Å². The molecule has 0 spiro atoms. The summed E-state index contributed by atoms with van der Waals surface area (Å²) in [5, 5.41) is 0. The highest BCUT2D eigenvalue weighted by Gasteiger charge is 2.23. The maximum atomic E-state index is 14.1. The van der Waals surface area contributed by atoms with Crippen molar-refractivity contribution >= 4 is 0 Å². The molecule has 0 aliphatic carbocycles. The van der Waals surface area contributed by atoms with Crippen molar-refractivity contribution in [2.24, 2.45) is 11.8 Å². The van der Waals surface area contributed by atoms with Crippen molar-refractivity contribution in [3.8, 4) is 5.75 Å². The van der Waals surface area contributed by atoms with Crippen LogP contribution in [0.15, 0.2) is 18.2 Å². The molecule has 0 saturated heterocycles. The van der Waals surface area contributed by atoms with Gasteiger partial charge in [0.05, 0.1) is 13.2 Å². The van der Waals surface area contributed by atoms with Crippen molar-refractivity contribution in [3.05, 3.63) is 29.6 Å². The summed E-state index contributed by atoms with van der Waals surface area (Å²) in [7, 11) is 1.53. The van der Waals surface area contributed by atoms with E-state index in [1.54, 1.807) is 12.1 Å². The molecule has 0 saturated carbocycles. The van der Waals surface area contributed by atoms with Gasteiger partial charge in [0.25, 0.3) is 0 Å². The van der Waals surface area contributed by atoms with Gasteiger partial charge in [-0.25, -0.2) is 4.39 Å². The molecule has 0 radical (unpaired) electrons. The largest absolute Gasteiger partial charge is 0.497 e. The zero-order valence-electron chi connectivity index (χ0n) is 12.1. The Morgan fingerprint density at radius 1 is 1.26 bits per heavy atom. The molecule has 0 aromatic heterocycles. The van der Waals surface area contributed by atoms with Crippen LogP contribution in [0.5, 0.6) is 5.75 Å². The van der Waals surface area contributed by atoms with Crippen molar-refractivity contribution < 1.29 is 9.13 Å². The summed E-state index contributed by atoms with van der Waals surface area (Å²) in [4.78, 5) is 0. The maximum Gasteiger partial charge on any atom is 0.131 e. The van der Waals surface area contributed by atoms with E-state index in [1.807, 2.05) is 0 Å². The first-order valence-corrected chi connectivity index (χ1v) is 6.97. The molecule has 108 valence electrons. The van der Waals surface area contributed by atoms with E-state index in [9.17, 15) is 4.39 Å². The lowest BCUT2D eigenvalue weighted by Crippen LogP contribution is -2.34. The molecule has 19 heavy (non-hydrogen) atoms. The number of halogens is 1. The number of methoxy groups -OCH3 is 1. The van der Waals surface area contributed by atoms with Gasteiger partial charge < -0.3 is 4.74 Å². The predicted molar refractivity (Wildman–Crippen MR) is 76.3 cm³/mol. The Morgan fingerprint density at radius 3 is 2.32 bits per heavy atom. The first-order chi connectivity index (χ1) is 9.17. The molecular formula is C15H25FN2O. The molecule has 1 rings (SSSR count). The Hall–Kier alpha value is -1.13. The monoisotopic (exact) mass is 268 g/mol. The van der Waals surface area contributed by atoms with Crippen LogP contribution < -0.4 is 16.0 Å². The molecule has 4 heteroatoms. The zero-order valence-corrected chi connectivity index (χ0v) is 12.1. The minimum atomic E-state index is -0.264. The Bertz CT molecular complexity index is 378. The first-order valence-electron chi connectivity index (χ1n) is 6.97. The topological polar surface area (TPSA) is 47.3 Å². The number of nitrogens with two attached hydrogens (primary N) is 1. The van der Waals surface area contributed by atoms with E-state index in [2.05, 4.69) is 19.3 Å². The van der Waals surface area contributed by atoms with Gasteiger partial charge in [0.2, 0.25) is 0 Å². The highest BCUT2D eigenvalue weighted by atomic mass is 19.1. The van der Waals surface area contributed by atoms with E-state index in [1.165, 1.54) is 13.2 Å². The van der Waals surface area contributed by atoms with E-state index in [0.717, 1.165) is 25.7 Å². The van der Waals surface area contributed by atoms with Gasteiger partial charge in [0.1, 0.15) is 11.6 Å². The van der Waals surface area contributed by atoms with Crippen molar-refractivity contribution in [1.82, 2.24) is 5.43 Å². The van der Waals surface area contributed by atoms with Gasteiger partial charge in [-0.15, -0.1) is 0 Å².